The first-order valence-corrected chi connectivity index (χ1v) is 6.80. The fraction of sp³-hybridized carbons (Fsp3) is 1.00. The second-order valence-corrected chi connectivity index (χ2v) is 6.01. The summed E-state index contributed by atoms with van der Waals surface area (Å²) in [6.45, 7) is 0. The Bertz CT molecular complexity index is 278. The molecule has 2 atom stereocenters. The lowest BCUT2D eigenvalue weighted by molar-refractivity contribution is -0.141. The third-order valence-corrected chi connectivity index (χ3v) is 4.56. The molecular formula is C13H22F3NO. The number of rotatable bonds is 3. The molecule has 2 unspecified atom stereocenters. The first kappa shape index (κ1) is 14.1. The number of piperidine rings is 2. The van der Waals surface area contributed by atoms with Crippen LogP contribution in [0.25, 0.3) is 0 Å². The van der Waals surface area contributed by atoms with E-state index in [1.54, 1.807) is 0 Å². The largest absolute Gasteiger partial charge is 0.390 e. The zero-order chi connectivity index (χ0) is 13.4. The maximum absolute atomic E-state index is 12.1. The molecule has 2 nitrogen and oxygen atoms in total. The zero-order valence-electron chi connectivity index (χ0n) is 10.8. The van der Waals surface area contributed by atoms with Crippen LogP contribution in [0.5, 0.6) is 0 Å². The van der Waals surface area contributed by atoms with Gasteiger partial charge in [0, 0.05) is 18.5 Å². The highest BCUT2D eigenvalue weighted by molar-refractivity contribution is 4.98. The lowest BCUT2D eigenvalue weighted by Gasteiger charge is -2.50. The van der Waals surface area contributed by atoms with Crippen LogP contribution in [0.3, 0.4) is 0 Å². The Morgan fingerprint density at radius 2 is 1.78 bits per heavy atom. The van der Waals surface area contributed by atoms with Crippen LogP contribution in [0, 0.1) is 0 Å². The molecule has 0 radical (unpaired) electrons. The van der Waals surface area contributed by atoms with E-state index in [-0.39, 0.29) is 12.8 Å². The first-order chi connectivity index (χ1) is 8.29. The molecule has 106 valence electrons. The van der Waals surface area contributed by atoms with Crippen LogP contribution in [-0.2, 0) is 0 Å². The smallest absolute Gasteiger partial charge is 0.389 e. The highest BCUT2D eigenvalue weighted by atomic mass is 19.4. The molecule has 0 aromatic heterocycles. The fourth-order valence-electron chi connectivity index (χ4n) is 3.57. The summed E-state index contributed by atoms with van der Waals surface area (Å²) < 4.78 is 36.4. The summed E-state index contributed by atoms with van der Waals surface area (Å²) in [7, 11) is 2.07. The second-order valence-electron chi connectivity index (χ2n) is 6.01. The molecule has 5 heteroatoms. The van der Waals surface area contributed by atoms with E-state index in [0.29, 0.717) is 24.9 Å². The van der Waals surface area contributed by atoms with Crippen LogP contribution in [0.2, 0.25) is 0 Å². The zero-order valence-corrected chi connectivity index (χ0v) is 10.8. The van der Waals surface area contributed by atoms with Gasteiger partial charge in [0.2, 0.25) is 0 Å². The Morgan fingerprint density at radius 3 is 2.28 bits per heavy atom. The summed E-state index contributed by atoms with van der Waals surface area (Å²) in [5.74, 6) is 0. The first-order valence-electron chi connectivity index (χ1n) is 6.80. The van der Waals surface area contributed by atoms with Crippen LogP contribution in [0.1, 0.15) is 51.4 Å². The van der Waals surface area contributed by atoms with Gasteiger partial charge in [0.25, 0.3) is 0 Å². The Morgan fingerprint density at radius 1 is 1.22 bits per heavy atom. The van der Waals surface area contributed by atoms with Gasteiger partial charge in [0.05, 0.1) is 5.60 Å². The summed E-state index contributed by atoms with van der Waals surface area (Å²) >= 11 is 0. The quantitative estimate of drug-likeness (QED) is 0.847. The van der Waals surface area contributed by atoms with Crippen molar-refractivity contribution in [2.24, 2.45) is 0 Å². The number of fused-ring (bicyclic) bond motifs is 2. The molecule has 0 aromatic carbocycles. The molecule has 0 spiro atoms. The number of nitrogens with zero attached hydrogens (tertiary/aromatic N) is 1. The minimum absolute atomic E-state index is 0.0448. The molecule has 2 aliphatic heterocycles. The molecule has 2 bridgehead atoms. The normalized spacial score (nSPS) is 37.8. The molecule has 2 saturated heterocycles. The van der Waals surface area contributed by atoms with Crippen LogP contribution >= 0.6 is 0 Å². The van der Waals surface area contributed by atoms with Crippen molar-refractivity contribution in [3.05, 3.63) is 0 Å². The van der Waals surface area contributed by atoms with Gasteiger partial charge in [-0.3, -0.25) is 0 Å². The molecule has 0 saturated carbocycles. The number of hydrogen-bond donors (Lipinski definition) is 1. The highest BCUT2D eigenvalue weighted by Gasteiger charge is 2.43. The summed E-state index contributed by atoms with van der Waals surface area (Å²) in [4.78, 5) is 2.31. The van der Waals surface area contributed by atoms with Crippen molar-refractivity contribution in [1.29, 1.82) is 0 Å². The van der Waals surface area contributed by atoms with Crippen molar-refractivity contribution in [2.75, 3.05) is 7.05 Å². The Kier molecular flexibility index (Phi) is 3.93. The van der Waals surface area contributed by atoms with Crippen molar-refractivity contribution in [2.45, 2.75) is 75.2 Å². The van der Waals surface area contributed by atoms with Gasteiger partial charge >= 0.3 is 6.18 Å². The van der Waals surface area contributed by atoms with Crippen molar-refractivity contribution in [1.82, 2.24) is 4.90 Å². The molecule has 0 aliphatic carbocycles. The summed E-state index contributed by atoms with van der Waals surface area (Å²) in [6, 6.07) is 0.710. The Hall–Kier alpha value is -0.290. The SMILES string of the molecule is CN1C2CCCC1CC(O)(CCCC(F)(F)F)C2. The van der Waals surface area contributed by atoms with E-state index in [0.717, 1.165) is 12.8 Å². The van der Waals surface area contributed by atoms with E-state index in [1.807, 2.05) is 0 Å². The van der Waals surface area contributed by atoms with Gasteiger partial charge in [0.1, 0.15) is 0 Å². The minimum atomic E-state index is -4.10. The topological polar surface area (TPSA) is 23.5 Å². The van der Waals surface area contributed by atoms with E-state index in [1.165, 1.54) is 6.42 Å². The Labute approximate surface area is 106 Å². The second kappa shape index (κ2) is 5.00. The van der Waals surface area contributed by atoms with Crippen LogP contribution in [0.4, 0.5) is 13.2 Å². The van der Waals surface area contributed by atoms with Crippen molar-refractivity contribution < 1.29 is 18.3 Å². The number of hydrogen-bond acceptors (Lipinski definition) is 2. The molecule has 2 rings (SSSR count). The Balaban J connectivity index is 1.88. The predicted molar refractivity (Wildman–Crippen MR) is 63.3 cm³/mol. The van der Waals surface area contributed by atoms with E-state index in [2.05, 4.69) is 11.9 Å². The molecule has 0 amide bonds. The molecule has 2 aliphatic rings. The van der Waals surface area contributed by atoms with Gasteiger partial charge in [-0.15, -0.1) is 0 Å². The highest BCUT2D eigenvalue weighted by Crippen LogP contribution is 2.41. The van der Waals surface area contributed by atoms with Crippen molar-refractivity contribution in [3.8, 4) is 0 Å². The van der Waals surface area contributed by atoms with Gasteiger partial charge in [-0.1, -0.05) is 6.42 Å². The van der Waals surface area contributed by atoms with Gasteiger partial charge in [0.15, 0.2) is 0 Å². The van der Waals surface area contributed by atoms with Gasteiger partial charge < -0.3 is 10.0 Å². The molecule has 2 fully saturated rings. The van der Waals surface area contributed by atoms with E-state index >= 15 is 0 Å². The van der Waals surface area contributed by atoms with Crippen molar-refractivity contribution in [3.63, 3.8) is 0 Å². The predicted octanol–water partition coefficient (Wildman–Crippen LogP) is 3.10. The summed E-state index contributed by atoms with van der Waals surface area (Å²) in [6.07, 6.45) is 0.0336. The average molecular weight is 265 g/mol. The van der Waals surface area contributed by atoms with Gasteiger partial charge in [-0.05, 0) is 45.6 Å². The average Bonchev–Trinajstić information content (AvgIpc) is 2.19. The third kappa shape index (κ3) is 3.38. The monoisotopic (exact) mass is 265 g/mol. The summed E-state index contributed by atoms with van der Waals surface area (Å²) in [5.41, 5.74) is -0.868. The fourth-order valence-corrected chi connectivity index (χ4v) is 3.57. The number of alkyl halides is 3. The van der Waals surface area contributed by atoms with Gasteiger partial charge in [-0.2, -0.15) is 13.2 Å². The lowest BCUT2D eigenvalue weighted by Crippen LogP contribution is -2.56. The number of aliphatic hydroxyl groups is 1. The van der Waals surface area contributed by atoms with Crippen LogP contribution in [0.15, 0.2) is 0 Å². The van der Waals surface area contributed by atoms with Crippen LogP contribution < -0.4 is 0 Å². The third-order valence-electron chi connectivity index (χ3n) is 4.56. The molecule has 0 aromatic rings. The molecule has 2 heterocycles. The van der Waals surface area contributed by atoms with Gasteiger partial charge in [-0.25, -0.2) is 0 Å². The maximum atomic E-state index is 12.1. The van der Waals surface area contributed by atoms with Crippen molar-refractivity contribution >= 4 is 0 Å². The van der Waals surface area contributed by atoms with Crippen LogP contribution in [-0.4, -0.2) is 40.9 Å². The minimum Gasteiger partial charge on any atom is -0.390 e. The summed E-state index contributed by atoms with van der Waals surface area (Å²) in [5, 5.41) is 10.5. The number of halogens is 3. The lowest BCUT2D eigenvalue weighted by atomic mass is 9.74. The van der Waals surface area contributed by atoms with E-state index in [9.17, 15) is 18.3 Å². The maximum Gasteiger partial charge on any atom is 0.389 e. The van der Waals surface area contributed by atoms with E-state index < -0.39 is 18.2 Å². The molecule has 18 heavy (non-hydrogen) atoms. The standard InChI is InChI=1S/C13H22F3NO/c1-17-10-4-2-5-11(17)9-12(18,8-10)6-3-7-13(14,15)16/h10-11,18H,2-9H2,1H3. The molecular weight excluding hydrogens is 243 g/mol. The van der Waals surface area contributed by atoms with E-state index in [4.69, 9.17) is 0 Å². The molecule has 1 N–H and O–H groups in total.